The molecule has 0 aromatic heterocycles. The molecule has 24 heavy (non-hydrogen) atoms. The van der Waals surface area contributed by atoms with E-state index in [4.69, 9.17) is 9.84 Å². The van der Waals surface area contributed by atoms with E-state index < -0.39 is 35.7 Å². The Kier molecular flexibility index (Phi) is 8.79. The van der Waals surface area contributed by atoms with E-state index >= 15 is 0 Å². The van der Waals surface area contributed by atoms with E-state index in [9.17, 15) is 19.5 Å². The lowest BCUT2D eigenvalue weighted by Crippen LogP contribution is -2.38. The summed E-state index contributed by atoms with van der Waals surface area (Å²) in [6.07, 6.45) is 5.85. The summed E-state index contributed by atoms with van der Waals surface area (Å²) in [5.41, 5.74) is 0. The number of carbonyl (C=O) groups is 3. The maximum atomic E-state index is 12.1. The van der Waals surface area contributed by atoms with Crippen molar-refractivity contribution < 1.29 is 29.3 Å². The molecule has 3 unspecified atom stereocenters. The number of ether oxygens (including phenoxy) is 1. The molecule has 138 valence electrons. The maximum Gasteiger partial charge on any atom is 0.309 e. The minimum Gasteiger partial charge on any atom is -0.481 e. The highest BCUT2D eigenvalue weighted by atomic mass is 16.5. The molecule has 3 atom stereocenters. The van der Waals surface area contributed by atoms with E-state index in [0.29, 0.717) is 18.9 Å². The fourth-order valence-corrected chi connectivity index (χ4v) is 3.24. The molecule has 2 N–H and O–H groups in total. The first-order valence-corrected chi connectivity index (χ1v) is 8.95. The van der Waals surface area contributed by atoms with Crippen molar-refractivity contribution in [2.24, 2.45) is 23.7 Å². The summed E-state index contributed by atoms with van der Waals surface area (Å²) in [5, 5.41) is 18.3. The average Bonchev–Trinajstić information content (AvgIpc) is 2.52. The number of carboxylic acid groups (broad SMARTS) is 2. The van der Waals surface area contributed by atoms with Crippen molar-refractivity contribution >= 4 is 17.9 Å². The minimum atomic E-state index is -1.11. The van der Waals surface area contributed by atoms with Gasteiger partial charge < -0.3 is 14.9 Å². The molecular formula is C18H30O6. The van der Waals surface area contributed by atoms with E-state index in [1.54, 1.807) is 0 Å². The summed E-state index contributed by atoms with van der Waals surface area (Å²) in [6.45, 7) is 4.70. The summed E-state index contributed by atoms with van der Waals surface area (Å²) < 4.78 is 5.24. The Balaban J connectivity index is 2.32. The third-order valence-electron chi connectivity index (χ3n) is 4.74. The van der Waals surface area contributed by atoms with E-state index in [0.717, 1.165) is 19.3 Å². The van der Waals surface area contributed by atoms with Gasteiger partial charge in [-0.05, 0) is 31.6 Å². The van der Waals surface area contributed by atoms with Crippen LogP contribution >= 0.6 is 0 Å². The Morgan fingerprint density at radius 1 is 0.958 bits per heavy atom. The summed E-state index contributed by atoms with van der Waals surface area (Å²) >= 11 is 0. The zero-order valence-corrected chi connectivity index (χ0v) is 14.7. The van der Waals surface area contributed by atoms with Crippen molar-refractivity contribution in [1.82, 2.24) is 0 Å². The minimum absolute atomic E-state index is 0.000362. The van der Waals surface area contributed by atoms with Gasteiger partial charge in [-0.1, -0.05) is 39.5 Å². The second-order valence-electron chi connectivity index (χ2n) is 7.16. The van der Waals surface area contributed by atoms with Gasteiger partial charge in [-0.2, -0.15) is 0 Å². The molecule has 0 aliphatic heterocycles. The van der Waals surface area contributed by atoms with Gasteiger partial charge in [0.05, 0.1) is 24.4 Å². The van der Waals surface area contributed by atoms with Gasteiger partial charge in [0.15, 0.2) is 0 Å². The molecule has 1 rings (SSSR count). The molecular weight excluding hydrogens is 312 g/mol. The van der Waals surface area contributed by atoms with Gasteiger partial charge in [0.1, 0.15) is 0 Å². The first-order chi connectivity index (χ1) is 11.3. The molecule has 0 amide bonds. The smallest absolute Gasteiger partial charge is 0.309 e. The SMILES string of the molecule is CC(C)CCCCCCOC(=O)C1CCC(C(=O)O)CC1C(=O)O. The molecule has 0 radical (unpaired) electrons. The van der Waals surface area contributed by atoms with Crippen LogP contribution in [0.2, 0.25) is 0 Å². The fourth-order valence-electron chi connectivity index (χ4n) is 3.24. The Labute approximate surface area is 143 Å². The second kappa shape index (κ2) is 10.3. The lowest BCUT2D eigenvalue weighted by molar-refractivity contribution is -0.163. The van der Waals surface area contributed by atoms with Gasteiger partial charge >= 0.3 is 17.9 Å². The Morgan fingerprint density at radius 3 is 2.21 bits per heavy atom. The maximum absolute atomic E-state index is 12.1. The molecule has 0 bridgehead atoms. The van der Waals surface area contributed by atoms with Crippen molar-refractivity contribution in [3.63, 3.8) is 0 Å². The van der Waals surface area contributed by atoms with Gasteiger partial charge in [0, 0.05) is 0 Å². The number of aliphatic carboxylic acids is 2. The lowest BCUT2D eigenvalue weighted by atomic mass is 9.74. The van der Waals surface area contributed by atoms with Crippen molar-refractivity contribution in [2.45, 2.75) is 65.2 Å². The zero-order chi connectivity index (χ0) is 18.1. The van der Waals surface area contributed by atoms with Crippen LogP contribution in [0.4, 0.5) is 0 Å². The fraction of sp³-hybridized carbons (Fsp3) is 0.833. The van der Waals surface area contributed by atoms with E-state index in [1.165, 1.54) is 12.8 Å². The number of unbranched alkanes of at least 4 members (excludes halogenated alkanes) is 3. The van der Waals surface area contributed by atoms with Gasteiger partial charge in [-0.15, -0.1) is 0 Å². The highest BCUT2D eigenvalue weighted by Crippen LogP contribution is 2.35. The largest absolute Gasteiger partial charge is 0.481 e. The first-order valence-electron chi connectivity index (χ1n) is 8.95. The van der Waals surface area contributed by atoms with Crippen LogP contribution in [0.1, 0.15) is 65.2 Å². The van der Waals surface area contributed by atoms with E-state index in [2.05, 4.69) is 13.8 Å². The standard InChI is InChI=1S/C18H30O6/c1-12(2)7-5-3-4-6-10-24-18(23)14-9-8-13(16(19)20)11-15(14)17(21)22/h12-15H,3-11H2,1-2H3,(H,19,20)(H,21,22). The van der Waals surface area contributed by atoms with Crippen molar-refractivity contribution in [3.05, 3.63) is 0 Å². The second-order valence-corrected chi connectivity index (χ2v) is 7.16. The predicted octanol–water partition coefficient (Wildman–Crippen LogP) is 3.34. The van der Waals surface area contributed by atoms with Gasteiger partial charge in [-0.25, -0.2) is 0 Å². The molecule has 1 aliphatic carbocycles. The Hall–Kier alpha value is -1.59. The van der Waals surface area contributed by atoms with Crippen LogP contribution in [0.5, 0.6) is 0 Å². The molecule has 0 aromatic rings. The van der Waals surface area contributed by atoms with Crippen LogP contribution in [0.15, 0.2) is 0 Å². The van der Waals surface area contributed by atoms with Crippen LogP contribution < -0.4 is 0 Å². The van der Waals surface area contributed by atoms with Crippen LogP contribution in [0, 0.1) is 23.7 Å². The molecule has 0 aromatic carbocycles. The summed E-state index contributed by atoms with van der Waals surface area (Å²) in [6, 6.07) is 0. The summed E-state index contributed by atoms with van der Waals surface area (Å²) in [5.74, 6) is -4.26. The first kappa shape index (κ1) is 20.5. The predicted molar refractivity (Wildman–Crippen MR) is 88.5 cm³/mol. The highest BCUT2D eigenvalue weighted by molar-refractivity contribution is 5.82. The van der Waals surface area contributed by atoms with Crippen molar-refractivity contribution in [3.8, 4) is 0 Å². The number of esters is 1. The highest BCUT2D eigenvalue weighted by Gasteiger charge is 2.42. The summed E-state index contributed by atoms with van der Waals surface area (Å²) in [7, 11) is 0. The number of carbonyl (C=O) groups excluding carboxylic acids is 1. The molecule has 1 saturated carbocycles. The molecule has 6 heteroatoms. The van der Waals surface area contributed by atoms with E-state index in [1.807, 2.05) is 0 Å². The lowest BCUT2D eigenvalue weighted by Gasteiger charge is -2.30. The molecule has 1 aliphatic rings. The van der Waals surface area contributed by atoms with Gasteiger partial charge in [-0.3, -0.25) is 14.4 Å². The molecule has 1 fully saturated rings. The van der Waals surface area contributed by atoms with Crippen LogP contribution in [0.25, 0.3) is 0 Å². The topological polar surface area (TPSA) is 101 Å². The van der Waals surface area contributed by atoms with Crippen LogP contribution in [-0.2, 0) is 19.1 Å². The van der Waals surface area contributed by atoms with Crippen LogP contribution in [0.3, 0.4) is 0 Å². The quantitative estimate of drug-likeness (QED) is 0.466. The Bertz CT molecular complexity index is 431. The average molecular weight is 342 g/mol. The number of rotatable bonds is 10. The molecule has 6 nitrogen and oxygen atoms in total. The van der Waals surface area contributed by atoms with E-state index in [-0.39, 0.29) is 12.8 Å². The number of carboxylic acids is 2. The van der Waals surface area contributed by atoms with Crippen molar-refractivity contribution in [1.29, 1.82) is 0 Å². The Morgan fingerprint density at radius 2 is 1.62 bits per heavy atom. The number of hydrogen-bond acceptors (Lipinski definition) is 4. The summed E-state index contributed by atoms with van der Waals surface area (Å²) in [4.78, 5) is 34.5. The molecule has 0 saturated heterocycles. The zero-order valence-electron chi connectivity index (χ0n) is 14.7. The monoisotopic (exact) mass is 342 g/mol. The normalized spacial score (nSPS) is 23.9. The molecule has 0 heterocycles. The third kappa shape index (κ3) is 6.89. The van der Waals surface area contributed by atoms with Crippen molar-refractivity contribution in [2.75, 3.05) is 6.61 Å². The number of hydrogen-bond donors (Lipinski definition) is 2. The van der Waals surface area contributed by atoms with Crippen LogP contribution in [-0.4, -0.2) is 34.7 Å². The molecule has 0 spiro atoms. The third-order valence-corrected chi connectivity index (χ3v) is 4.74. The van der Waals surface area contributed by atoms with Gasteiger partial charge in [0.25, 0.3) is 0 Å². The van der Waals surface area contributed by atoms with Gasteiger partial charge in [0.2, 0.25) is 0 Å².